The summed E-state index contributed by atoms with van der Waals surface area (Å²) in [5.41, 5.74) is 5.19. The summed E-state index contributed by atoms with van der Waals surface area (Å²) in [6.07, 6.45) is -1.16. The Labute approximate surface area is 111 Å². The molecule has 0 amide bonds. The Kier molecular flexibility index (Phi) is 5.75. The summed E-state index contributed by atoms with van der Waals surface area (Å²) in [4.78, 5) is 3.75. The van der Waals surface area contributed by atoms with Crippen LogP contribution in [0.1, 0.15) is 43.9 Å². The molecule has 3 nitrogen and oxygen atoms in total. The molecule has 0 aliphatic rings. The highest BCUT2D eigenvalue weighted by Gasteiger charge is 2.36. The van der Waals surface area contributed by atoms with Gasteiger partial charge in [-0.3, -0.25) is 4.98 Å². The van der Waals surface area contributed by atoms with Gasteiger partial charge in [-0.05, 0) is 19.4 Å². The summed E-state index contributed by atoms with van der Waals surface area (Å²) in [5, 5.41) is 0. The number of hydrogen-bond donors (Lipinski definition) is 1. The first-order valence-electron chi connectivity index (χ1n) is 6.30. The smallest absolute Gasteiger partial charge is 0.377 e. The molecule has 0 bridgehead atoms. The maximum atomic E-state index is 12.9. The summed E-state index contributed by atoms with van der Waals surface area (Å²) in [6.45, 7) is 4.15. The molecule has 0 radical (unpaired) electrons. The van der Waals surface area contributed by atoms with Crippen LogP contribution in [0.25, 0.3) is 0 Å². The molecule has 1 aromatic heterocycles. The Morgan fingerprint density at radius 2 is 2.05 bits per heavy atom. The van der Waals surface area contributed by atoms with Gasteiger partial charge in [0.25, 0.3) is 0 Å². The van der Waals surface area contributed by atoms with Gasteiger partial charge in [-0.2, -0.15) is 13.2 Å². The molecule has 6 heteroatoms. The maximum absolute atomic E-state index is 12.9. The van der Waals surface area contributed by atoms with Crippen LogP contribution in [0.15, 0.2) is 18.5 Å². The molecular weight excluding hydrogens is 257 g/mol. The normalized spacial score (nSPS) is 15.3. The molecule has 2 N–H and O–H groups in total. The molecule has 19 heavy (non-hydrogen) atoms. The number of rotatable bonds is 6. The van der Waals surface area contributed by atoms with Gasteiger partial charge >= 0.3 is 6.18 Å². The van der Waals surface area contributed by atoms with Crippen LogP contribution in [0, 0.1) is 0 Å². The van der Waals surface area contributed by atoms with Crippen molar-refractivity contribution in [3.05, 3.63) is 29.6 Å². The van der Waals surface area contributed by atoms with Crippen LogP contribution >= 0.6 is 0 Å². The van der Waals surface area contributed by atoms with E-state index in [4.69, 9.17) is 10.5 Å². The van der Waals surface area contributed by atoms with Crippen molar-refractivity contribution in [3.63, 3.8) is 0 Å². The van der Waals surface area contributed by atoms with Gasteiger partial charge in [0.2, 0.25) is 0 Å². The lowest BCUT2D eigenvalue weighted by Crippen LogP contribution is -2.31. The second-order valence-corrected chi connectivity index (χ2v) is 4.27. The lowest BCUT2D eigenvalue weighted by atomic mass is 9.96. The van der Waals surface area contributed by atoms with Crippen molar-refractivity contribution in [1.29, 1.82) is 0 Å². The zero-order valence-corrected chi connectivity index (χ0v) is 11.1. The highest BCUT2D eigenvalue weighted by Crippen LogP contribution is 2.35. The third-order valence-corrected chi connectivity index (χ3v) is 2.87. The average Bonchev–Trinajstić information content (AvgIpc) is 2.37. The zero-order chi connectivity index (χ0) is 14.5. The van der Waals surface area contributed by atoms with Crippen LogP contribution in [0.3, 0.4) is 0 Å². The van der Waals surface area contributed by atoms with E-state index in [1.54, 1.807) is 6.92 Å². The van der Waals surface area contributed by atoms with Crippen LogP contribution in [0.2, 0.25) is 0 Å². The largest absolute Gasteiger partial charge is 0.416 e. The Morgan fingerprint density at radius 1 is 1.37 bits per heavy atom. The van der Waals surface area contributed by atoms with Gasteiger partial charge in [0, 0.05) is 24.6 Å². The molecule has 0 saturated carbocycles. The number of nitrogens with zero attached hydrogens (tertiary/aromatic N) is 1. The van der Waals surface area contributed by atoms with Gasteiger partial charge in [-0.25, -0.2) is 0 Å². The van der Waals surface area contributed by atoms with Crippen LogP contribution < -0.4 is 5.73 Å². The first kappa shape index (κ1) is 15.9. The van der Waals surface area contributed by atoms with Gasteiger partial charge in [-0.1, -0.05) is 13.3 Å². The number of alkyl halides is 3. The quantitative estimate of drug-likeness (QED) is 0.867. The molecule has 0 aromatic carbocycles. The minimum atomic E-state index is -4.43. The first-order valence-corrected chi connectivity index (χ1v) is 6.30. The summed E-state index contributed by atoms with van der Waals surface area (Å²) >= 11 is 0. The van der Waals surface area contributed by atoms with Crippen molar-refractivity contribution in [2.75, 3.05) is 6.61 Å². The predicted octanol–water partition coefficient (Wildman–Crippen LogP) is 3.31. The van der Waals surface area contributed by atoms with E-state index in [1.165, 1.54) is 6.20 Å². The molecule has 2 atom stereocenters. The fourth-order valence-corrected chi connectivity index (χ4v) is 2.00. The Balaban J connectivity index is 3.06. The SMILES string of the molecule is CCCC(OCC)C(N)c1cnccc1C(F)(F)F. The highest BCUT2D eigenvalue weighted by molar-refractivity contribution is 5.29. The third kappa shape index (κ3) is 4.18. The summed E-state index contributed by atoms with van der Waals surface area (Å²) in [6, 6.07) is 0.120. The molecule has 0 spiro atoms. The van der Waals surface area contributed by atoms with E-state index in [2.05, 4.69) is 4.98 Å². The molecule has 0 fully saturated rings. The molecule has 2 unspecified atom stereocenters. The summed E-state index contributed by atoms with van der Waals surface area (Å²) < 4.78 is 44.2. The molecule has 0 aliphatic heterocycles. The average molecular weight is 276 g/mol. The first-order chi connectivity index (χ1) is 8.91. The van der Waals surface area contributed by atoms with E-state index in [9.17, 15) is 13.2 Å². The lowest BCUT2D eigenvalue weighted by Gasteiger charge is -2.25. The van der Waals surface area contributed by atoms with Crippen LogP contribution in [-0.2, 0) is 10.9 Å². The molecule has 108 valence electrons. The van der Waals surface area contributed by atoms with Crippen LogP contribution in [0.4, 0.5) is 13.2 Å². The molecule has 0 aliphatic carbocycles. The molecule has 1 rings (SSSR count). The van der Waals surface area contributed by atoms with E-state index in [0.29, 0.717) is 13.0 Å². The summed E-state index contributed by atoms with van der Waals surface area (Å²) in [5.74, 6) is 0. The molecule has 1 heterocycles. The van der Waals surface area contributed by atoms with E-state index < -0.39 is 23.9 Å². The monoisotopic (exact) mass is 276 g/mol. The van der Waals surface area contributed by atoms with Gasteiger partial charge in [0.15, 0.2) is 0 Å². The topological polar surface area (TPSA) is 48.1 Å². The number of hydrogen-bond acceptors (Lipinski definition) is 3. The van der Waals surface area contributed by atoms with Crippen molar-refractivity contribution in [1.82, 2.24) is 4.98 Å². The molecule has 0 saturated heterocycles. The van der Waals surface area contributed by atoms with Crippen molar-refractivity contribution in [3.8, 4) is 0 Å². The zero-order valence-electron chi connectivity index (χ0n) is 11.1. The standard InChI is InChI=1S/C13H19F3N2O/c1-3-5-11(19-4-2)12(17)9-8-18-7-6-10(9)13(14,15)16/h6-8,11-12H,3-5,17H2,1-2H3. The van der Waals surface area contributed by atoms with E-state index in [-0.39, 0.29) is 5.56 Å². The Bertz CT molecular complexity index is 390. The second kappa shape index (κ2) is 6.86. The second-order valence-electron chi connectivity index (χ2n) is 4.27. The fraction of sp³-hybridized carbons (Fsp3) is 0.615. The van der Waals surface area contributed by atoms with Gasteiger partial charge < -0.3 is 10.5 Å². The molecule has 1 aromatic rings. The Hall–Kier alpha value is -1.14. The third-order valence-electron chi connectivity index (χ3n) is 2.87. The fourth-order valence-electron chi connectivity index (χ4n) is 2.00. The number of aromatic nitrogens is 1. The predicted molar refractivity (Wildman–Crippen MR) is 66.5 cm³/mol. The van der Waals surface area contributed by atoms with E-state index in [0.717, 1.165) is 18.7 Å². The van der Waals surface area contributed by atoms with Crippen molar-refractivity contribution in [2.45, 2.75) is 45.0 Å². The number of pyridine rings is 1. The van der Waals surface area contributed by atoms with Crippen molar-refractivity contribution in [2.24, 2.45) is 5.73 Å². The number of halogens is 3. The minimum absolute atomic E-state index is 0.0121. The van der Waals surface area contributed by atoms with Gasteiger partial charge in [-0.15, -0.1) is 0 Å². The molecular formula is C13H19F3N2O. The van der Waals surface area contributed by atoms with Crippen LogP contribution in [0.5, 0.6) is 0 Å². The van der Waals surface area contributed by atoms with Crippen LogP contribution in [-0.4, -0.2) is 17.7 Å². The van der Waals surface area contributed by atoms with Crippen molar-refractivity contribution >= 4 is 0 Å². The minimum Gasteiger partial charge on any atom is -0.377 e. The van der Waals surface area contributed by atoms with E-state index in [1.807, 2.05) is 6.92 Å². The van der Waals surface area contributed by atoms with Gasteiger partial charge in [0.1, 0.15) is 0 Å². The number of ether oxygens (including phenoxy) is 1. The van der Waals surface area contributed by atoms with Crippen molar-refractivity contribution < 1.29 is 17.9 Å². The van der Waals surface area contributed by atoms with E-state index >= 15 is 0 Å². The lowest BCUT2D eigenvalue weighted by molar-refractivity contribution is -0.138. The highest BCUT2D eigenvalue weighted by atomic mass is 19.4. The number of nitrogens with two attached hydrogens (primary N) is 1. The maximum Gasteiger partial charge on any atom is 0.416 e. The Morgan fingerprint density at radius 3 is 2.58 bits per heavy atom. The summed E-state index contributed by atoms with van der Waals surface area (Å²) in [7, 11) is 0. The van der Waals surface area contributed by atoms with Gasteiger partial charge in [0.05, 0.1) is 17.7 Å².